The number of hydrogen-bond acceptors (Lipinski definition) is 4. The molecule has 0 aliphatic carbocycles. The summed E-state index contributed by atoms with van der Waals surface area (Å²) in [5.41, 5.74) is 2.10. The van der Waals surface area contributed by atoms with Crippen LogP contribution in [0.25, 0.3) is 22.1 Å². The molecule has 144 valence electrons. The minimum Gasteiger partial charge on any atom is -0.484 e. The molecule has 1 heterocycles. The lowest BCUT2D eigenvalue weighted by Crippen LogP contribution is -2.20. The second-order valence-corrected chi connectivity index (χ2v) is 6.78. The highest BCUT2D eigenvalue weighted by Gasteiger charge is 2.11. The Bertz CT molecular complexity index is 1220. The number of hydrogen-bond donors (Lipinski definition) is 1. The van der Waals surface area contributed by atoms with Crippen LogP contribution in [0.3, 0.4) is 0 Å². The van der Waals surface area contributed by atoms with Crippen LogP contribution in [-0.2, 0) is 4.79 Å². The van der Waals surface area contributed by atoms with Crippen molar-refractivity contribution < 1.29 is 13.9 Å². The number of carbonyl (C=O) groups is 1. The van der Waals surface area contributed by atoms with Gasteiger partial charge in [0.25, 0.3) is 5.91 Å². The molecular weight excluding hydrogens is 390 g/mol. The Hall–Kier alpha value is -3.57. The molecule has 29 heavy (non-hydrogen) atoms. The Morgan fingerprint density at radius 2 is 1.76 bits per heavy atom. The van der Waals surface area contributed by atoms with Gasteiger partial charge in [0.15, 0.2) is 12.0 Å². The molecule has 0 bridgehead atoms. The second-order valence-electron chi connectivity index (χ2n) is 6.35. The number of ether oxygens (including phenoxy) is 1. The Kier molecular flexibility index (Phi) is 5.31. The topological polar surface area (TPSA) is 68.5 Å². The minimum absolute atomic E-state index is 0.151. The van der Waals surface area contributed by atoms with Gasteiger partial charge >= 0.3 is 0 Å². The summed E-state index contributed by atoms with van der Waals surface area (Å²) < 4.78 is 11.2. The van der Waals surface area contributed by atoms with Crippen molar-refractivity contribution in [3.63, 3.8) is 0 Å². The van der Waals surface area contributed by atoms with Crippen LogP contribution in [0.1, 0.15) is 0 Å². The summed E-state index contributed by atoms with van der Waals surface area (Å²) in [6, 6.07) is 21.0. The van der Waals surface area contributed by atoms with Crippen molar-refractivity contribution in [2.75, 3.05) is 11.9 Å². The largest absolute Gasteiger partial charge is 0.484 e. The van der Waals surface area contributed by atoms with E-state index in [1.54, 1.807) is 54.6 Å². The van der Waals surface area contributed by atoms with E-state index in [1.807, 2.05) is 18.2 Å². The molecule has 0 saturated heterocycles. The van der Waals surface area contributed by atoms with Crippen LogP contribution in [0.2, 0.25) is 5.02 Å². The van der Waals surface area contributed by atoms with E-state index in [4.69, 9.17) is 20.8 Å². The zero-order valence-corrected chi connectivity index (χ0v) is 16.0. The Morgan fingerprint density at radius 3 is 2.52 bits per heavy atom. The summed E-state index contributed by atoms with van der Waals surface area (Å²) in [6.45, 7) is -0.159. The lowest BCUT2D eigenvalue weighted by Gasteiger charge is -2.08. The van der Waals surface area contributed by atoms with Crippen LogP contribution >= 0.6 is 11.6 Å². The van der Waals surface area contributed by atoms with Crippen LogP contribution in [-0.4, -0.2) is 12.5 Å². The third-order valence-corrected chi connectivity index (χ3v) is 4.58. The molecule has 1 N–H and O–H groups in total. The summed E-state index contributed by atoms with van der Waals surface area (Å²) in [7, 11) is 0. The predicted octanol–water partition coefficient (Wildman–Crippen LogP) is 5.13. The molecule has 0 atom stereocenters. The van der Waals surface area contributed by atoms with Crippen LogP contribution in [0.4, 0.5) is 5.69 Å². The average molecular weight is 406 g/mol. The number of halogens is 1. The standard InChI is InChI=1S/C23H16ClNO4/c24-16-8-6-15(7-9-16)20-13-29-21-12-18(10-11-19(21)23(20)27)28-14-22(26)25-17-4-2-1-3-5-17/h1-13H,14H2,(H,25,26). The molecule has 1 aromatic heterocycles. The van der Waals surface area contributed by atoms with E-state index in [9.17, 15) is 9.59 Å². The number of para-hydroxylation sites is 1. The molecule has 0 unspecified atom stereocenters. The average Bonchev–Trinajstić information content (AvgIpc) is 2.74. The molecule has 0 aliphatic rings. The molecule has 4 rings (SSSR count). The van der Waals surface area contributed by atoms with Gasteiger partial charge in [0.2, 0.25) is 0 Å². The van der Waals surface area contributed by atoms with Crippen molar-refractivity contribution in [2.24, 2.45) is 0 Å². The highest BCUT2D eigenvalue weighted by Crippen LogP contribution is 2.24. The first-order valence-corrected chi connectivity index (χ1v) is 9.27. The molecule has 0 saturated carbocycles. The van der Waals surface area contributed by atoms with Gasteiger partial charge in [-0.25, -0.2) is 0 Å². The smallest absolute Gasteiger partial charge is 0.262 e. The maximum absolute atomic E-state index is 12.8. The number of fused-ring (bicyclic) bond motifs is 1. The first-order chi connectivity index (χ1) is 14.1. The Morgan fingerprint density at radius 1 is 1.00 bits per heavy atom. The fraction of sp³-hybridized carbons (Fsp3) is 0.0435. The van der Waals surface area contributed by atoms with Gasteiger partial charge in [-0.2, -0.15) is 0 Å². The first-order valence-electron chi connectivity index (χ1n) is 8.89. The fourth-order valence-corrected chi connectivity index (χ4v) is 3.02. The van der Waals surface area contributed by atoms with Crippen molar-refractivity contribution in [1.29, 1.82) is 0 Å². The normalized spacial score (nSPS) is 10.7. The van der Waals surface area contributed by atoms with Crippen molar-refractivity contribution in [3.8, 4) is 16.9 Å². The van der Waals surface area contributed by atoms with Crippen LogP contribution in [0.5, 0.6) is 5.75 Å². The molecule has 1 amide bonds. The van der Waals surface area contributed by atoms with Gasteiger partial charge in [0.1, 0.15) is 17.6 Å². The van der Waals surface area contributed by atoms with E-state index in [-0.39, 0.29) is 17.9 Å². The zero-order valence-electron chi connectivity index (χ0n) is 15.2. The Balaban J connectivity index is 1.51. The van der Waals surface area contributed by atoms with E-state index in [0.29, 0.717) is 33.0 Å². The lowest BCUT2D eigenvalue weighted by molar-refractivity contribution is -0.118. The minimum atomic E-state index is -0.282. The van der Waals surface area contributed by atoms with Gasteiger partial charge in [-0.15, -0.1) is 0 Å². The predicted molar refractivity (Wildman–Crippen MR) is 113 cm³/mol. The van der Waals surface area contributed by atoms with Gasteiger partial charge in [-0.05, 0) is 42.0 Å². The van der Waals surface area contributed by atoms with Crippen molar-refractivity contribution in [1.82, 2.24) is 0 Å². The third kappa shape index (κ3) is 4.31. The Labute approximate surface area is 171 Å². The van der Waals surface area contributed by atoms with Crippen LogP contribution in [0.15, 0.2) is 88.3 Å². The summed E-state index contributed by atoms with van der Waals surface area (Å²) in [4.78, 5) is 24.8. The molecule has 4 aromatic rings. The quantitative estimate of drug-likeness (QED) is 0.499. The summed E-state index contributed by atoms with van der Waals surface area (Å²) in [5.74, 6) is 0.152. The number of rotatable bonds is 5. The molecule has 0 fully saturated rings. The first kappa shape index (κ1) is 18.8. The highest BCUT2D eigenvalue weighted by molar-refractivity contribution is 6.30. The monoisotopic (exact) mass is 405 g/mol. The fourth-order valence-electron chi connectivity index (χ4n) is 2.89. The van der Waals surface area contributed by atoms with Gasteiger partial charge in [0.05, 0.1) is 10.9 Å². The molecule has 5 nitrogen and oxygen atoms in total. The summed E-state index contributed by atoms with van der Waals surface area (Å²) in [5, 5.41) is 3.76. The maximum Gasteiger partial charge on any atom is 0.262 e. The van der Waals surface area contributed by atoms with Gasteiger partial charge in [-0.1, -0.05) is 41.9 Å². The van der Waals surface area contributed by atoms with Crippen LogP contribution in [0, 0.1) is 0 Å². The zero-order chi connectivity index (χ0) is 20.2. The number of benzene rings is 3. The van der Waals surface area contributed by atoms with E-state index >= 15 is 0 Å². The summed E-state index contributed by atoms with van der Waals surface area (Å²) >= 11 is 5.90. The van der Waals surface area contributed by atoms with Crippen molar-refractivity contribution in [3.05, 3.63) is 94.3 Å². The molecule has 6 heteroatoms. The molecule has 3 aromatic carbocycles. The lowest BCUT2D eigenvalue weighted by atomic mass is 10.1. The van der Waals surface area contributed by atoms with E-state index < -0.39 is 0 Å². The number of carbonyl (C=O) groups excluding carboxylic acids is 1. The SMILES string of the molecule is O=C(COc1ccc2c(=O)c(-c3ccc(Cl)cc3)coc2c1)Nc1ccccc1. The molecular formula is C23H16ClNO4. The number of nitrogens with one attached hydrogen (secondary N) is 1. The maximum atomic E-state index is 12.8. The van der Waals surface area contributed by atoms with Crippen molar-refractivity contribution in [2.45, 2.75) is 0 Å². The van der Waals surface area contributed by atoms with Crippen molar-refractivity contribution >= 4 is 34.2 Å². The highest BCUT2D eigenvalue weighted by atomic mass is 35.5. The van der Waals surface area contributed by atoms with Crippen LogP contribution < -0.4 is 15.5 Å². The van der Waals surface area contributed by atoms with Gasteiger partial charge in [-0.3, -0.25) is 9.59 Å². The summed E-state index contributed by atoms with van der Waals surface area (Å²) in [6.07, 6.45) is 1.42. The number of amides is 1. The van der Waals surface area contributed by atoms with Gasteiger partial charge < -0.3 is 14.5 Å². The number of anilines is 1. The van der Waals surface area contributed by atoms with Gasteiger partial charge in [0, 0.05) is 16.8 Å². The van der Waals surface area contributed by atoms with E-state index in [2.05, 4.69) is 5.32 Å². The second kappa shape index (κ2) is 8.20. The molecule has 0 spiro atoms. The third-order valence-electron chi connectivity index (χ3n) is 4.33. The van der Waals surface area contributed by atoms with E-state index in [1.165, 1.54) is 6.26 Å². The molecule has 0 radical (unpaired) electrons. The van der Waals surface area contributed by atoms with E-state index in [0.717, 1.165) is 5.56 Å². The molecule has 0 aliphatic heterocycles.